The molecule has 26 heavy (non-hydrogen) atoms. The van der Waals surface area contributed by atoms with E-state index in [9.17, 15) is 13.2 Å². The minimum Gasteiger partial charge on any atom is -0.299 e. The summed E-state index contributed by atoms with van der Waals surface area (Å²) in [5.41, 5.74) is 2.32. The van der Waals surface area contributed by atoms with Crippen molar-refractivity contribution < 1.29 is 13.2 Å². The van der Waals surface area contributed by atoms with Gasteiger partial charge in [-0.25, -0.2) is 8.42 Å². The molecule has 0 unspecified atom stereocenters. The number of sulfonamides is 1. The average molecular weight is 415 g/mol. The molecule has 0 aliphatic heterocycles. The summed E-state index contributed by atoms with van der Waals surface area (Å²) in [6.07, 6.45) is 1.08. The summed E-state index contributed by atoms with van der Waals surface area (Å²) in [5, 5.41) is 11.3. The number of carbonyl (C=O) groups is 1. The van der Waals surface area contributed by atoms with Crippen LogP contribution < -0.4 is 9.62 Å². The van der Waals surface area contributed by atoms with Gasteiger partial charge < -0.3 is 0 Å². The molecule has 142 valence electrons. The van der Waals surface area contributed by atoms with Crippen molar-refractivity contribution in [3.63, 3.8) is 0 Å². The van der Waals surface area contributed by atoms with Gasteiger partial charge in [0.25, 0.3) is 0 Å². The standard InChI is InChI=1S/C16H22N4O3S3/c1-10(2)24-16-19-18-15(25-16)17-14(21)9-20(26(5,22)23)13-7-11(3)6-12(4)8-13/h6-8,10H,9H2,1-5H3,(H,17,18,21). The lowest BCUT2D eigenvalue weighted by Crippen LogP contribution is -2.37. The summed E-state index contributed by atoms with van der Waals surface area (Å²) in [6.45, 7) is 7.52. The fourth-order valence-electron chi connectivity index (χ4n) is 2.29. The van der Waals surface area contributed by atoms with E-state index in [1.165, 1.54) is 11.3 Å². The Hall–Kier alpha value is -1.65. The number of rotatable bonds is 7. The van der Waals surface area contributed by atoms with Crippen LogP contribution >= 0.6 is 23.1 Å². The summed E-state index contributed by atoms with van der Waals surface area (Å²) in [6, 6.07) is 5.42. The fourth-order valence-corrected chi connectivity index (χ4v) is 5.12. The topological polar surface area (TPSA) is 92.3 Å². The van der Waals surface area contributed by atoms with Crippen molar-refractivity contribution >= 4 is 49.8 Å². The van der Waals surface area contributed by atoms with Crippen molar-refractivity contribution in [1.29, 1.82) is 0 Å². The van der Waals surface area contributed by atoms with Crippen molar-refractivity contribution in [2.75, 3.05) is 22.4 Å². The van der Waals surface area contributed by atoms with E-state index in [2.05, 4.69) is 15.5 Å². The molecule has 0 saturated heterocycles. The smallest absolute Gasteiger partial charge is 0.246 e. The van der Waals surface area contributed by atoms with Gasteiger partial charge in [-0.1, -0.05) is 43.0 Å². The third-order valence-electron chi connectivity index (χ3n) is 3.17. The molecule has 1 amide bonds. The Morgan fingerprint density at radius 3 is 2.38 bits per heavy atom. The van der Waals surface area contributed by atoms with Crippen molar-refractivity contribution in [3.8, 4) is 0 Å². The van der Waals surface area contributed by atoms with Gasteiger partial charge in [-0.15, -0.1) is 10.2 Å². The molecule has 0 aliphatic rings. The molecule has 10 heteroatoms. The molecule has 2 aromatic rings. The van der Waals surface area contributed by atoms with Crippen molar-refractivity contribution in [2.24, 2.45) is 0 Å². The van der Waals surface area contributed by atoms with Gasteiger partial charge in [0.1, 0.15) is 6.54 Å². The van der Waals surface area contributed by atoms with E-state index in [1.54, 1.807) is 23.9 Å². The zero-order valence-corrected chi connectivity index (χ0v) is 17.8. The molecular weight excluding hydrogens is 392 g/mol. The van der Waals surface area contributed by atoms with E-state index in [0.29, 0.717) is 16.1 Å². The molecule has 7 nitrogen and oxygen atoms in total. The summed E-state index contributed by atoms with van der Waals surface area (Å²) in [7, 11) is -3.61. The van der Waals surface area contributed by atoms with Crippen LogP contribution in [-0.2, 0) is 14.8 Å². The molecule has 1 aromatic carbocycles. The van der Waals surface area contributed by atoms with Gasteiger partial charge in [0.2, 0.25) is 21.1 Å². The average Bonchev–Trinajstić information content (AvgIpc) is 2.88. The van der Waals surface area contributed by atoms with Crippen molar-refractivity contribution in [3.05, 3.63) is 29.3 Å². The van der Waals surface area contributed by atoms with Gasteiger partial charge in [-0.05, 0) is 37.1 Å². The highest BCUT2D eigenvalue weighted by molar-refractivity contribution is 8.01. The van der Waals surface area contributed by atoms with Crippen LogP contribution in [0.15, 0.2) is 22.5 Å². The number of nitrogens with zero attached hydrogens (tertiary/aromatic N) is 3. The number of thioether (sulfide) groups is 1. The summed E-state index contributed by atoms with van der Waals surface area (Å²) in [5.74, 6) is -0.466. The number of hydrogen-bond acceptors (Lipinski definition) is 7. The minimum absolute atomic E-state index is 0.325. The minimum atomic E-state index is -3.61. The van der Waals surface area contributed by atoms with E-state index >= 15 is 0 Å². The summed E-state index contributed by atoms with van der Waals surface area (Å²) < 4.78 is 26.2. The molecule has 0 bridgehead atoms. The number of hydrogen-bond donors (Lipinski definition) is 1. The second kappa shape index (κ2) is 8.36. The Balaban J connectivity index is 2.16. The van der Waals surface area contributed by atoms with Crippen LogP contribution in [0.25, 0.3) is 0 Å². The monoisotopic (exact) mass is 414 g/mol. The predicted molar refractivity (Wildman–Crippen MR) is 108 cm³/mol. The first-order valence-corrected chi connectivity index (χ1v) is 11.4. The van der Waals surface area contributed by atoms with Gasteiger partial charge >= 0.3 is 0 Å². The Kier molecular flexibility index (Phi) is 6.64. The molecule has 2 rings (SSSR count). The number of benzene rings is 1. The largest absolute Gasteiger partial charge is 0.299 e. The lowest BCUT2D eigenvalue weighted by molar-refractivity contribution is -0.114. The molecule has 1 N–H and O–H groups in total. The molecule has 0 spiro atoms. The molecule has 0 atom stereocenters. The van der Waals surface area contributed by atoms with Crippen LogP contribution in [0, 0.1) is 13.8 Å². The van der Waals surface area contributed by atoms with Crippen LogP contribution in [0.3, 0.4) is 0 Å². The van der Waals surface area contributed by atoms with Crippen LogP contribution in [0.5, 0.6) is 0 Å². The maximum atomic E-state index is 12.4. The lowest BCUT2D eigenvalue weighted by atomic mass is 10.1. The van der Waals surface area contributed by atoms with Crippen molar-refractivity contribution in [2.45, 2.75) is 37.3 Å². The van der Waals surface area contributed by atoms with Gasteiger partial charge in [-0.2, -0.15) is 0 Å². The number of carbonyl (C=O) groups excluding carboxylic acids is 1. The number of aryl methyl sites for hydroxylation is 2. The second-order valence-corrected chi connectivity index (χ2v) is 10.9. The van der Waals surface area contributed by atoms with Crippen LogP contribution in [0.4, 0.5) is 10.8 Å². The highest BCUT2D eigenvalue weighted by Gasteiger charge is 2.22. The first-order valence-electron chi connectivity index (χ1n) is 7.90. The summed E-state index contributed by atoms with van der Waals surface area (Å²) >= 11 is 2.82. The zero-order valence-electron chi connectivity index (χ0n) is 15.3. The third-order valence-corrected chi connectivity index (χ3v) is 6.24. The molecule has 1 aromatic heterocycles. The number of aromatic nitrogens is 2. The molecule has 0 aliphatic carbocycles. The Morgan fingerprint density at radius 2 is 1.85 bits per heavy atom. The first-order chi connectivity index (χ1) is 12.0. The first kappa shape index (κ1) is 20.7. The highest BCUT2D eigenvalue weighted by Crippen LogP contribution is 2.28. The molecule has 0 radical (unpaired) electrons. The molecular formula is C16H22N4O3S3. The molecule has 1 heterocycles. The van der Waals surface area contributed by atoms with Gasteiger partial charge in [0.15, 0.2) is 4.34 Å². The number of anilines is 2. The van der Waals surface area contributed by atoms with E-state index in [4.69, 9.17) is 0 Å². The van der Waals surface area contributed by atoms with Crippen LogP contribution in [0.1, 0.15) is 25.0 Å². The second-order valence-electron chi connectivity index (χ2n) is 6.20. The SMILES string of the molecule is Cc1cc(C)cc(N(CC(=O)Nc2nnc(SC(C)C)s2)S(C)(=O)=O)c1. The normalized spacial score (nSPS) is 11.6. The van der Waals surface area contributed by atoms with Gasteiger partial charge in [-0.3, -0.25) is 14.4 Å². The van der Waals surface area contributed by atoms with E-state index in [0.717, 1.165) is 26.0 Å². The van der Waals surface area contributed by atoms with Crippen LogP contribution in [0.2, 0.25) is 0 Å². The maximum absolute atomic E-state index is 12.4. The Bertz CT molecular complexity index is 874. The maximum Gasteiger partial charge on any atom is 0.246 e. The number of nitrogens with one attached hydrogen (secondary N) is 1. The fraction of sp³-hybridized carbons (Fsp3) is 0.438. The van der Waals surface area contributed by atoms with E-state index in [1.807, 2.05) is 33.8 Å². The van der Waals surface area contributed by atoms with Gasteiger partial charge in [0.05, 0.1) is 11.9 Å². The van der Waals surface area contributed by atoms with Crippen LogP contribution in [-0.4, -0.2) is 42.6 Å². The Labute approximate surface area is 162 Å². The van der Waals surface area contributed by atoms with E-state index in [-0.39, 0.29) is 6.54 Å². The highest BCUT2D eigenvalue weighted by atomic mass is 32.2. The van der Waals surface area contributed by atoms with Crippen molar-refractivity contribution in [1.82, 2.24) is 10.2 Å². The predicted octanol–water partition coefficient (Wildman–Crippen LogP) is 3.06. The number of amides is 1. The lowest BCUT2D eigenvalue weighted by Gasteiger charge is -2.22. The summed E-state index contributed by atoms with van der Waals surface area (Å²) in [4.78, 5) is 12.4. The Morgan fingerprint density at radius 1 is 1.23 bits per heavy atom. The molecule has 0 saturated carbocycles. The molecule has 0 fully saturated rings. The van der Waals surface area contributed by atoms with E-state index < -0.39 is 15.9 Å². The quantitative estimate of drug-likeness (QED) is 0.553. The third kappa shape index (κ3) is 5.96. The van der Waals surface area contributed by atoms with Gasteiger partial charge in [0, 0.05) is 5.25 Å². The zero-order chi connectivity index (χ0) is 19.5.